The number of hydrogen-bond acceptors (Lipinski definition) is 1. The van der Waals surface area contributed by atoms with Crippen LogP contribution in [0.3, 0.4) is 0 Å². The molecule has 0 aliphatic heterocycles. The average Bonchev–Trinajstić information content (AvgIpc) is 2.28. The Kier molecular flexibility index (Phi) is 5.41. The summed E-state index contributed by atoms with van der Waals surface area (Å²) in [7, 11) is 0. The van der Waals surface area contributed by atoms with Crippen molar-refractivity contribution in [3.63, 3.8) is 0 Å². The van der Waals surface area contributed by atoms with Crippen LogP contribution in [0.5, 0.6) is 0 Å². The van der Waals surface area contributed by atoms with Gasteiger partial charge in [-0.3, -0.25) is 0 Å². The van der Waals surface area contributed by atoms with E-state index in [1.165, 1.54) is 17.5 Å². The first-order valence-corrected chi connectivity index (χ1v) is 6.02. The van der Waals surface area contributed by atoms with E-state index in [2.05, 4.69) is 31.2 Å². The van der Waals surface area contributed by atoms with Crippen molar-refractivity contribution < 1.29 is 5.11 Å². The molecule has 0 amide bonds. The molecule has 0 bridgehead atoms. The van der Waals surface area contributed by atoms with Crippen LogP contribution in [0.1, 0.15) is 44.2 Å². The van der Waals surface area contributed by atoms with E-state index in [1.54, 1.807) is 0 Å². The van der Waals surface area contributed by atoms with Gasteiger partial charge in [-0.1, -0.05) is 44.5 Å². The largest absolute Gasteiger partial charge is 0.393 e. The number of aliphatic hydroxyl groups is 1. The van der Waals surface area contributed by atoms with Crippen LogP contribution in [0.2, 0.25) is 0 Å². The first kappa shape index (κ1) is 12.3. The second kappa shape index (κ2) is 6.62. The molecule has 0 aliphatic rings. The third kappa shape index (κ3) is 4.48. The molecular weight excluding hydrogens is 184 g/mol. The Bertz CT molecular complexity index is 263. The molecule has 15 heavy (non-hydrogen) atoms. The maximum Gasteiger partial charge on any atom is 0.0540 e. The normalized spacial score (nSPS) is 12.7. The van der Waals surface area contributed by atoms with Crippen molar-refractivity contribution in [2.24, 2.45) is 0 Å². The molecule has 1 N–H and O–H groups in total. The lowest BCUT2D eigenvalue weighted by Crippen LogP contribution is -2.05. The van der Waals surface area contributed by atoms with Crippen LogP contribution in [-0.4, -0.2) is 11.2 Å². The van der Waals surface area contributed by atoms with Gasteiger partial charge in [-0.2, -0.15) is 0 Å². The Balaban J connectivity index is 2.42. The Morgan fingerprint density at radius 3 is 2.00 bits per heavy atom. The van der Waals surface area contributed by atoms with Crippen molar-refractivity contribution in [3.05, 3.63) is 35.4 Å². The molecular formula is C14H22O. The van der Waals surface area contributed by atoms with E-state index in [0.717, 1.165) is 25.7 Å². The first-order chi connectivity index (χ1) is 7.26. The van der Waals surface area contributed by atoms with Crippen molar-refractivity contribution in [3.8, 4) is 0 Å². The predicted molar refractivity (Wildman–Crippen MR) is 65.1 cm³/mol. The van der Waals surface area contributed by atoms with Gasteiger partial charge >= 0.3 is 0 Å². The molecule has 84 valence electrons. The maximum absolute atomic E-state index is 9.46. The van der Waals surface area contributed by atoms with Crippen LogP contribution >= 0.6 is 0 Å². The van der Waals surface area contributed by atoms with Crippen LogP contribution in [-0.2, 0) is 12.8 Å². The summed E-state index contributed by atoms with van der Waals surface area (Å²) in [6, 6.07) is 8.79. The average molecular weight is 206 g/mol. The molecule has 0 heterocycles. The number of aliphatic hydroxyl groups excluding tert-OH is 1. The molecule has 1 aromatic rings. The monoisotopic (exact) mass is 206 g/mol. The number of benzene rings is 1. The molecule has 0 aliphatic carbocycles. The molecule has 0 saturated carbocycles. The van der Waals surface area contributed by atoms with E-state index in [9.17, 15) is 5.11 Å². The first-order valence-electron chi connectivity index (χ1n) is 6.02. The van der Waals surface area contributed by atoms with E-state index in [1.807, 2.05) is 6.92 Å². The van der Waals surface area contributed by atoms with E-state index in [-0.39, 0.29) is 6.10 Å². The zero-order valence-electron chi connectivity index (χ0n) is 9.87. The Morgan fingerprint density at radius 1 is 1.00 bits per heavy atom. The minimum atomic E-state index is -0.139. The fourth-order valence-electron chi connectivity index (χ4n) is 1.70. The van der Waals surface area contributed by atoms with Gasteiger partial charge in [-0.25, -0.2) is 0 Å². The summed E-state index contributed by atoms with van der Waals surface area (Å²) in [4.78, 5) is 0. The highest BCUT2D eigenvalue weighted by Gasteiger charge is 2.01. The summed E-state index contributed by atoms with van der Waals surface area (Å²) in [5, 5.41) is 9.46. The summed E-state index contributed by atoms with van der Waals surface area (Å²) in [5.74, 6) is 0. The molecule has 1 atom stereocenters. The highest BCUT2D eigenvalue weighted by molar-refractivity contribution is 5.22. The van der Waals surface area contributed by atoms with E-state index in [4.69, 9.17) is 0 Å². The molecule has 0 aromatic heterocycles. The van der Waals surface area contributed by atoms with Crippen LogP contribution in [0.15, 0.2) is 24.3 Å². The van der Waals surface area contributed by atoms with Gasteiger partial charge in [0.2, 0.25) is 0 Å². The number of rotatable bonds is 6. The SMILES string of the molecule is CCCc1ccc(CCC(O)CC)cc1. The van der Waals surface area contributed by atoms with Crippen molar-refractivity contribution in [2.75, 3.05) is 0 Å². The van der Waals surface area contributed by atoms with Gasteiger partial charge in [0.1, 0.15) is 0 Å². The molecule has 1 nitrogen and oxygen atoms in total. The molecule has 1 heteroatoms. The zero-order chi connectivity index (χ0) is 11.1. The zero-order valence-corrected chi connectivity index (χ0v) is 9.87. The van der Waals surface area contributed by atoms with Crippen LogP contribution in [0.4, 0.5) is 0 Å². The third-order valence-electron chi connectivity index (χ3n) is 2.80. The van der Waals surface area contributed by atoms with Crippen LogP contribution in [0.25, 0.3) is 0 Å². The Hall–Kier alpha value is -0.820. The predicted octanol–water partition coefficient (Wildman–Crippen LogP) is 3.34. The Morgan fingerprint density at radius 2 is 1.53 bits per heavy atom. The molecule has 0 saturated heterocycles. The fraction of sp³-hybridized carbons (Fsp3) is 0.571. The van der Waals surface area contributed by atoms with Gasteiger partial charge in [0.05, 0.1) is 6.10 Å². The second-order valence-electron chi connectivity index (χ2n) is 4.17. The lowest BCUT2D eigenvalue weighted by atomic mass is 10.0. The summed E-state index contributed by atoms with van der Waals surface area (Å²) >= 11 is 0. The molecule has 1 aromatic carbocycles. The van der Waals surface area contributed by atoms with Gasteiger partial charge in [-0.05, 0) is 36.8 Å². The topological polar surface area (TPSA) is 20.2 Å². The number of aryl methyl sites for hydroxylation is 2. The molecule has 0 fully saturated rings. The quantitative estimate of drug-likeness (QED) is 0.757. The molecule has 1 rings (SSSR count). The third-order valence-corrected chi connectivity index (χ3v) is 2.80. The van der Waals surface area contributed by atoms with Gasteiger partial charge in [0, 0.05) is 0 Å². The minimum absolute atomic E-state index is 0.139. The Labute approximate surface area is 93.1 Å². The smallest absolute Gasteiger partial charge is 0.0540 e. The number of hydrogen-bond donors (Lipinski definition) is 1. The molecule has 0 radical (unpaired) electrons. The van der Waals surface area contributed by atoms with E-state index < -0.39 is 0 Å². The minimum Gasteiger partial charge on any atom is -0.393 e. The highest BCUT2D eigenvalue weighted by atomic mass is 16.3. The van der Waals surface area contributed by atoms with Gasteiger partial charge in [0.25, 0.3) is 0 Å². The van der Waals surface area contributed by atoms with Crippen molar-refractivity contribution in [2.45, 2.75) is 52.1 Å². The van der Waals surface area contributed by atoms with Gasteiger partial charge in [-0.15, -0.1) is 0 Å². The fourth-order valence-corrected chi connectivity index (χ4v) is 1.70. The van der Waals surface area contributed by atoms with E-state index in [0.29, 0.717) is 0 Å². The molecule has 1 unspecified atom stereocenters. The lowest BCUT2D eigenvalue weighted by molar-refractivity contribution is 0.160. The van der Waals surface area contributed by atoms with E-state index >= 15 is 0 Å². The summed E-state index contributed by atoms with van der Waals surface area (Å²) in [5.41, 5.74) is 2.75. The van der Waals surface area contributed by atoms with Crippen molar-refractivity contribution in [1.82, 2.24) is 0 Å². The van der Waals surface area contributed by atoms with Crippen molar-refractivity contribution >= 4 is 0 Å². The van der Waals surface area contributed by atoms with Gasteiger partial charge < -0.3 is 5.11 Å². The van der Waals surface area contributed by atoms with Crippen LogP contribution < -0.4 is 0 Å². The highest BCUT2D eigenvalue weighted by Crippen LogP contribution is 2.10. The summed E-state index contributed by atoms with van der Waals surface area (Å²) in [6.45, 7) is 4.22. The summed E-state index contributed by atoms with van der Waals surface area (Å²) < 4.78 is 0. The molecule has 0 spiro atoms. The van der Waals surface area contributed by atoms with Crippen LogP contribution in [0, 0.1) is 0 Å². The van der Waals surface area contributed by atoms with Gasteiger partial charge in [0.15, 0.2) is 0 Å². The summed E-state index contributed by atoms with van der Waals surface area (Å²) in [6.07, 6.45) is 4.95. The lowest BCUT2D eigenvalue weighted by Gasteiger charge is -2.07. The second-order valence-corrected chi connectivity index (χ2v) is 4.17. The standard InChI is InChI=1S/C14H22O/c1-3-5-12-6-8-13(9-7-12)10-11-14(15)4-2/h6-9,14-15H,3-5,10-11H2,1-2H3. The van der Waals surface area contributed by atoms with Crippen molar-refractivity contribution in [1.29, 1.82) is 0 Å². The maximum atomic E-state index is 9.46.